The van der Waals surface area contributed by atoms with Crippen LogP contribution in [0.2, 0.25) is 0 Å². The molecule has 0 aromatic carbocycles. The number of ether oxygens (including phenoxy) is 1. The van der Waals surface area contributed by atoms with E-state index in [2.05, 4.69) is 27.5 Å². The predicted octanol–water partition coefficient (Wildman–Crippen LogP) is 1.37. The number of carbonyl (C=O) groups excluding carboxylic acids is 1. The number of morpholine rings is 1. The molecule has 2 amide bonds. The third kappa shape index (κ3) is 3.84. The van der Waals surface area contributed by atoms with Crippen molar-refractivity contribution in [3.05, 3.63) is 18.0 Å². The van der Waals surface area contributed by atoms with Crippen molar-refractivity contribution in [2.75, 3.05) is 33.3 Å². The number of carbonyl (C=O) groups is 1. The Morgan fingerprint density at radius 3 is 3.09 bits per heavy atom. The van der Waals surface area contributed by atoms with E-state index in [1.807, 2.05) is 24.2 Å². The first-order valence-electron chi connectivity index (χ1n) is 8.51. The number of amides is 2. The topological polar surface area (TPSA) is 73.5 Å². The van der Waals surface area contributed by atoms with Crippen molar-refractivity contribution >= 4 is 6.03 Å². The molecule has 0 unspecified atom stereocenters. The van der Waals surface area contributed by atoms with Gasteiger partial charge < -0.3 is 19.9 Å². The highest BCUT2D eigenvalue weighted by Gasteiger charge is 2.31. The van der Waals surface area contributed by atoms with E-state index in [9.17, 15) is 4.79 Å². The van der Waals surface area contributed by atoms with Crippen LogP contribution in [0.25, 0.3) is 0 Å². The van der Waals surface area contributed by atoms with Crippen LogP contribution < -0.4 is 5.32 Å². The number of hydrogen-bond acceptors (Lipinski definition) is 4. The zero-order valence-electron chi connectivity index (χ0n) is 14.0. The van der Waals surface area contributed by atoms with E-state index in [0.29, 0.717) is 0 Å². The van der Waals surface area contributed by atoms with Crippen molar-refractivity contribution < 1.29 is 9.53 Å². The zero-order chi connectivity index (χ0) is 16.2. The maximum atomic E-state index is 12.8. The van der Waals surface area contributed by atoms with Gasteiger partial charge in [0, 0.05) is 31.4 Å². The third-order valence-corrected chi connectivity index (χ3v) is 4.87. The Balaban J connectivity index is 1.61. The van der Waals surface area contributed by atoms with Crippen molar-refractivity contribution in [1.82, 2.24) is 25.3 Å². The van der Waals surface area contributed by atoms with Gasteiger partial charge in [0.1, 0.15) is 0 Å². The number of nitrogens with one attached hydrogen (secondary N) is 2. The van der Waals surface area contributed by atoms with Gasteiger partial charge in [-0.1, -0.05) is 0 Å². The Bertz CT molecular complexity index is 507. The van der Waals surface area contributed by atoms with E-state index in [0.717, 1.165) is 51.1 Å². The summed E-state index contributed by atoms with van der Waals surface area (Å²) in [7, 11) is 2.09. The third-order valence-electron chi connectivity index (χ3n) is 4.87. The fourth-order valence-corrected chi connectivity index (χ4v) is 3.45. The Morgan fingerprint density at radius 2 is 2.35 bits per heavy atom. The number of likely N-dealkylation sites (N-methyl/N-ethyl adjacent to an activating group) is 1. The van der Waals surface area contributed by atoms with E-state index in [4.69, 9.17) is 4.74 Å². The van der Waals surface area contributed by atoms with E-state index in [1.54, 1.807) is 0 Å². The number of piperidine rings is 1. The van der Waals surface area contributed by atoms with Gasteiger partial charge in [0.2, 0.25) is 0 Å². The lowest BCUT2D eigenvalue weighted by atomic mass is 9.98. The first-order valence-corrected chi connectivity index (χ1v) is 8.51. The lowest BCUT2D eigenvalue weighted by Gasteiger charge is -2.38. The van der Waals surface area contributed by atoms with Crippen LogP contribution >= 0.6 is 0 Å². The maximum absolute atomic E-state index is 12.8. The van der Waals surface area contributed by atoms with E-state index >= 15 is 0 Å². The fourth-order valence-electron chi connectivity index (χ4n) is 3.45. The SMILES string of the molecule is C[C@H](NC(=O)N1CCCC[C@@H]1c1cn[nH]c1)[C@H]1CN(C)CCO1. The van der Waals surface area contributed by atoms with Gasteiger partial charge in [-0.05, 0) is 33.2 Å². The molecule has 3 heterocycles. The summed E-state index contributed by atoms with van der Waals surface area (Å²) >= 11 is 0. The summed E-state index contributed by atoms with van der Waals surface area (Å²) in [5, 5.41) is 10.0. The summed E-state index contributed by atoms with van der Waals surface area (Å²) < 4.78 is 5.81. The molecule has 2 fully saturated rings. The van der Waals surface area contributed by atoms with Crippen molar-refractivity contribution in [3.63, 3.8) is 0 Å². The lowest BCUT2D eigenvalue weighted by molar-refractivity contribution is -0.0343. The van der Waals surface area contributed by atoms with E-state index in [-0.39, 0.29) is 24.2 Å². The molecule has 0 spiro atoms. The molecule has 3 atom stereocenters. The molecule has 2 N–H and O–H groups in total. The first-order chi connectivity index (χ1) is 11.1. The Kier molecular flexibility index (Phi) is 5.17. The van der Waals surface area contributed by atoms with Crippen LogP contribution in [0.1, 0.15) is 37.8 Å². The number of nitrogens with zero attached hydrogens (tertiary/aromatic N) is 3. The summed E-state index contributed by atoms with van der Waals surface area (Å²) in [6.07, 6.45) is 6.95. The monoisotopic (exact) mass is 321 g/mol. The van der Waals surface area contributed by atoms with Crippen LogP contribution in [-0.2, 0) is 4.74 Å². The second-order valence-electron chi connectivity index (χ2n) is 6.65. The van der Waals surface area contributed by atoms with Crippen molar-refractivity contribution in [2.45, 2.75) is 44.4 Å². The van der Waals surface area contributed by atoms with Crippen LogP contribution in [0.4, 0.5) is 4.79 Å². The molecule has 2 saturated heterocycles. The molecule has 3 rings (SSSR count). The molecule has 2 aliphatic heterocycles. The Morgan fingerprint density at radius 1 is 1.48 bits per heavy atom. The van der Waals surface area contributed by atoms with Gasteiger partial charge in [0.05, 0.1) is 31.0 Å². The van der Waals surface area contributed by atoms with Crippen LogP contribution in [0.5, 0.6) is 0 Å². The van der Waals surface area contributed by atoms with E-state index in [1.165, 1.54) is 0 Å². The van der Waals surface area contributed by atoms with Gasteiger partial charge in [-0.3, -0.25) is 5.10 Å². The molecule has 1 aromatic rings. The van der Waals surface area contributed by atoms with Gasteiger partial charge >= 0.3 is 6.03 Å². The number of likely N-dealkylation sites (tertiary alicyclic amines) is 1. The number of aromatic amines is 1. The second-order valence-corrected chi connectivity index (χ2v) is 6.65. The number of urea groups is 1. The van der Waals surface area contributed by atoms with Crippen LogP contribution in [0.3, 0.4) is 0 Å². The molecule has 7 nitrogen and oxygen atoms in total. The summed E-state index contributed by atoms with van der Waals surface area (Å²) in [6, 6.07) is 0.113. The number of H-pyrrole nitrogens is 1. The summed E-state index contributed by atoms with van der Waals surface area (Å²) in [6.45, 7) is 5.35. The van der Waals surface area contributed by atoms with Crippen molar-refractivity contribution in [2.24, 2.45) is 0 Å². The maximum Gasteiger partial charge on any atom is 0.318 e. The standard InChI is InChI=1S/C16H27N5O2/c1-12(15-11-20(2)7-8-23-15)19-16(22)21-6-4-3-5-14(21)13-9-17-18-10-13/h9-10,12,14-15H,3-8,11H2,1-2H3,(H,17,18)(H,19,22)/t12-,14+,15+/m0/s1. The predicted molar refractivity (Wildman–Crippen MR) is 87.1 cm³/mol. The quantitative estimate of drug-likeness (QED) is 0.882. The molecule has 0 aliphatic carbocycles. The van der Waals surface area contributed by atoms with Crippen molar-refractivity contribution in [1.29, 1.82) is 0 Å². The highest BCUT2D eigenvalue weighted by atomic mass is 16.5. The average Bonchev–Trinajstić information content (AvgIpc) is 3.09. The van der Waals surface area contributed by atoms with Crippen molar-refractivity contribution in [3.8, 4) is 0 Å². The molecule has 0 radical (unpaired) electrons. The molecule has 1 aromatic heterocycles. The van der Waals surface area contributed by atoms with Gasteiger partial charge in [0.15, 0.2) is 0 Å². The van der Waals surface area contributed by atoms with Gasteiger partial charge in [-0.2, -0.15) is 5.10 Å². The van der Waals surface area contributed by atoms with Crippen LogP contribution in [0, 0.1) is 0 Å². The minimum absolute atomic E-state index is 0.000210. The lowest BCUT2D eigenvalue weighted by Crippen LogP contribution is -2.54. The summed E-state index contributed by atoms with van der Waals surface area (Å²) in [5.74, 6) is 0. The number of aromatic nitrogens is 2. The van der Waals surface area contributed by atoms with Gasteiger partial charge in [0.25, 0.3) is 0 Å². The molecule has 0 saturated carbocycles. The smallest absolute Gasteiger partial charge is 0.318 e. The normalized spacial score (nSPS) is 27.7. The molecule has 7 heteroatoms. The fraction of sp³-hybridized carbons (Fsp3) is 0.750. The van der Waals surface area contributed by atoms with Gasteiger partial charge in [-0.25, -0.2) is 4.79 Å². The van der Waals surface area contributed by atoms with Crippen LogP contribution in [-0.4, -0.2) is 71.5 Å². The highest BCUT2D eigenvalue weighted by molar-refractivity contribution is 5.75. The Labute approximate surface area is 137 Å². The first kappa shape index (κ1) is 16.3. The molecular weight excluding hydrogens is 294 g/mol. The molecule has 23 heavy (non-hydrogen) atoms. The number of hydrogen-bond donors (Lipinski definition) is 2. The molecule has 128 valence electrons. The minimum atomic E-state index is -0.00261. The van der Waals surface area contributed by atoms with Crippen LogP contribution in [0.15, 0.2) is 12.4 Å². The highest BCUT2D eigenvalue weighted by Crippen LogP contribution is 2.30. The van der Waals surface area contributed by atoms with E-state index < -0.39 is 0 Å². The molecular formula is C16H27N5O2. The number of rotatable bonds is 3. The zero-order valence-corrected chi connectivity index (χ0v) is 14.0. The Hall–Kier alpha value is -1.60. The largest absolute Gasteiger partial charge is 0.373 e. The molecule has 0 bridgehead atoms. The second kappa shape index (κ2) is 7.31. The van der Waals surface area contributed by atoms with Gasteiger partial charge in [-0.15, -0.1) is 0 Å². The minimum Gasteiger partial charge on any atom is -0.373 e. The average molecular weight is 321 g/mol. The molecule has 2 aliphatic rings. The summed E-state index contributed by atoms with van der Waals surface area (Å²) in [5.41, 5.74) is 1.08. The summed E-state index contributed by atoms with van der Waals surface area (Å²) in [4.78, 5) is 16.9.